The first-order valence-electron chi connectivity index (χ1n) is 4.53. The monoisotopic (exact) mass is 238 g/mol. The topological polar surface area (TPSA) is 63.4 Å². The third-order valence-electron chi connectivity index (χ3n) is 1.90. The zero-order valence-electron chi connectivity index (χ0n) is 8.69. The van der Waals surface area contributed by atoms with Crippen LogP contribution in [0.5, 0.6) is 0 Å². The van der Waals surface area contributed by atoms with E-state index in [-0.39, 0.29) is 5.75 Å². The van der Waals surface area contributed by atoms with E-state index in [9.17, 15) is 8.42 Å². The SMILES string of the molecule is CCN(CCC(N)=S)CCS(C)(=O)=O. The Morgan fingerprint density at radius 1 is 1.43 bits per heavy atom. The maximum absolute atomic E-state index is 10.9. The molecule has 0 unspecified atom stereocenters. The van der Waals surface area contributed by atoms with E-state index in [0.717, 1.165) is 13.1 Å². The van der Waals surface area contributed by atoms with Crippen molar-refractivity contribution in [3.63, 3.8) is 0 Å². The molecule has 0 aliphatic rings. The third-order valence-corrected chi connectivity index (χ3v) is 3.03. The summed E-state index contributed by atoms with van der Waals surface area (Å²) < 4.78 is 21.8. The second-order valence-electron chi connectivity index (χ2n) is 3.28. The largest absolute Gasteiger partial charge is 0.393 e. The van der Waals surface area contributed by atoms with Gasteiger partial charge in [-0.3, -0.25) is 0 Å². The van der Waals surface area contributed by atoms with Gasteiger partial charge in [0.2, 0.25) is 0 Å². The molecule has 2 N–H and O–H groups in total. The van der Waals surface area contributed by atoms with Gasteiger partial charge in [-0.1, -0.05) is 19.1 Å². The highest BCUT2D eigenvalue weighted by Gasteiger charge is 2.07. The van der Waals surface area contributed by atoms with Crippen molar-refractivity contribution in [3.8, 4) is 0 Å². The van der Waals surface area contributed by atoms with E-state index >= 15 is 0 Å². The lowest BCUT2D eigenvalue weighted by Gasteiger charge is -2.19. The molecular formula is C8H18N2O2S2. The third kappa shape index (κ3) is 8.40. The Hall–Kier alpha value is -0.200. The van der Waals surface area contributed by atoms with Crippen molar-refractivity contribution >= 4 is 27.0 Å². The van der Waals surface area contributed by atoms with E-state index in [1.165, 1.54) is 6.26 Å². The summed E-state index contributed by atoms with van der Waals surface area (Å²) in [5.41, 5.74) is 5.36. The van der Waals surface area contributed by atoms with Gasteiger partial charge < -0.3 is 10.6 Å². The fourth-order valence-electron chi connectivity index (χ4n) is 0.991. The fraction of sp³-hybridized carbons (Fsp3) is 0.875. The van der Waals surface area contributed by atoms with Crippen LogP contribution in [0.3, 0.4) is 0 Å². The average molecular weight is 238 g/mol. The predicted molar refractivity (Wildman–Crippen MR) is 63.2 cm³/mol. The highest BCUT2D eigenvalue weighted by molar-refractivity contribution is 7.90. The van der Waals surface area contributed by atoms with E-state index < -0.39 is 9.84 Å². The predicted octanol–water partition coefficient (Wildman–Crippen LogP) is 0.0291. The second-order valence-corrected chi connectivity index (χ2v) is 6.06. The molecule has 0 aromatic heterocycles. The zero-order valence-corrected chi connectivity index (χ0v) is 10.3. The van der Waals surface area contributed by atoms with E-state index in [0.29, 0.717) is 18.0 Å². The van der Waals surface area contributed by atoms with Crippen LogP contribution in [0.4, 0.5) is 0 Å². The van der Waals surface area contributed by atoms with Crippen LogP contribution in [-0.2, 0) is 9.84 Å². The summed E-state index contributed by atoms with van der Waals surface area (Å²) in [7, 11) is -2.87. The van der Waals surface area contributed by atoms with Crippen molar-refractivity contribution in [3.05, 3.63) is 0 Å². The minimum absolute atomic E-state index is 0.193. The summed E-state index contributed by atoms with van der Waals surface area (Å²) in [5, 5.41) is 0. The van der Waals surface area contributed by atoms with Crippen molar-refractivity contribution in [2.24, 2.45) is 5.73 Å². The summed E-state index contributed by atoms with van der Waals surface area (Å²) in [6.07, 6.45) is 1.89. The van der Waals surface area contributed by atoms with Gasteiger partial charge in [-0.2, -0.15) is 0 Å². The Morgan fingerprint density at radius 2 is 2.00 bits per heavy atom. The summed E-state index contributed by atoms with van der Waals surface area (Å²) >= 11 is 4.75. The number of rotatable bonds is 7. The van der Waals surface area contributed by atoms with Gasteiger partial charge in [0.05, 0.1) is 10.7 Å². The van der Waals surface area contributed by atoms with E-state index in [1.807, 2.05) is 11.8 Å². The molecule has 0 aliphatic heterocycles. The molecule has 0 rings (SSSR count). The van der Waals surface area contributed by atoms with Gasteiger partial charge in [0, 0.05) is 25.8 Å². The Bertz CT molecular complexity index is 275. The molecule has 14 heavy (non-hydrogen) atoms. The van der Waals surface area contributed by atoms with Crippen LogP contribution in [0.1, 0.15) is 13.3 Å². The number of thiocarbonyl (C=S) groups is 1. The van der Waals surface area contributed by atoms with Gasteiger partial charge in [0.1, 0.15) is 9.84 Å². The summed E-state index contributed by atoms with van der Waals surface area (Å²) in [5.74, 6) is 0.193. The molecule has 0 saturated carbocycles. The van der Waals surface area contributed by atoms with E-state index in [1.54, 1.807) is 0 Å². The molecule has 0 bridgehead atoms. The second kappa shape index (κ2) is 6.31. The minimum Gasteiger partial charge on any atom is -0.393 e. The normalized spacial score (nSPS) is 11.9. The fourth-order valence-corrected chi connectivity index (χ4v) is 1.67. The highest BCUT2D eigenvalue weighted by Crippen LogP contribution is 1.94. The van der Waals surface area contributed by atoms with Crippen LogP contribution in [0.25, 0.3) is 0 Å². The molecule has 84 valence electrons. The van der Waals surface area contributed by atoms with Crippen molar-refractivity contribution in [1.29, 1.82) is 0 Å². The Balaban J connectivity index is 3.86. The van der Waals surface area contributed by atoms with Gasteiger partial charge in [0.15, 0.2) is 0 Å². The van der Waals surface area contributed by atoms with Crippen LogP contribution < -0.4 is 5.73 Å². The zero-order chi connectivity index (χ0) is 11.2. The first kappa shape index (κ1) is 13.8. The standard InChI is InChI=1S/C8H18N2O2S2/c1-3-10(5-4-8(9)13)6-7-14(2,11)12/h3-7H2,1-2H3,(H2,9,13). The van der Waals surface area contributed by atoms with Crippen LogP contribution in [0.2, 0.25) is 0 Å². The van der Waals surface area contributed by atoms with E-state index in [4.69, 9.17) is 18.0 Å². The smallest absolute Gasteiger partial charge is 0.148 e. The summed E-state index contributed by atoms with van der Waals surface area (Å²) in [6, 6.07) is 0. The lowest BCUT2D eigenvalue weighted by atomic mass is 10.4. The minimum atomic E-state index is -2.87. The van der Waals surface area contributed by atoms with Crippen LogP contribution in [0, 0.1) is 0 Å². The van der Waals surface area contributed by atoms with Gasteiger partial charge in [-0.05, 0) is 6.54 Å². The van der Waals surface area contributed by atoms with Gasteiger partial charge >= 0.3 is 0 Å². The number of nitrogens with two attached hydrogens (primary N) is 1. The number of hydrogen-bond acceptors (Lipinski definition) is 4. The molecule has 0 radical (unpaired) electrons. The maximum atomic E-state index is 10.9. The van der Waals surface area contributed by atoms with E-state index in [2.05, 4.69) is 0 Å². The molecule has 0 heterocycles. The first-order chi connectivity index (χ1) is 6.35. The lowest BCUT2D eigenvalue weighted by Crippen LogP contribution is -2.31. The molecule has 0 aromatic rings. The van der Waals surface area contributed by atoms with Gasteiger partial charge in [-0.25, -0.2) is 8.42 Å². The quantitative estimate of drug-likeness (QED) is 0.634. The van der Waals surface area contributed by atoms with Gasteiger partial charge in [-0.15, -0.1) is 0 Å². The van der Waals surface area contributed by atoms with Crippen LogP contribution >= 0.6 is 12.2 Å². The molecule has 4 nitrogen and oxygen atoms in total. The summed E-state index contributed by atoms with van der Waals surface area (Å²) in [6.45, 7) is 4.10. The van der Waals surface area contributed by atoms with Crippen molar-refractivity contribution < 1.29 is 8.42 Å². The number of nitrogens with zero attached hydrogens (tertiary/aromatic N) is 1. The molecular weight excluding hydrogens is 220 g/mol. The molecule has 0 saturated heterocycles. The highest BCUT2D eigenvalue weighted by atomic mass is 32.2. The number of sulfone groups is 1. The molecule has 6 heteroatoms. The molecule has 0 atom stereocenters. The van der Waals surface area contributed by atoms with Crippen LogP contribution in [-0.4, -0.2) is 49.9 Å². The van der Waals surface area contributed by atoms with Crippen LogP contribution in [0.15, 0.2) is 0 Å². The van der Waals surface area contributed by atoms with Crippen molar-refractivity contribution in [1.82, 2.24) is 4.90 Å². The first-order valence-corrected chi connectivity index (χ1v) is 7.00. The molecule has 0 fully saturated rings. The Morgan fingerprint density at radius 3 is 2.36 bits per heavy atom. The molecule has 0 spiro atoms. The molecule has 0 aliphatic carbocycles. The van der Waals surface area contributed by atoms with Gasteiger partial charge in [0.25, 0.3) is 0 Å². The average Bonchev–Trinajstić information content (AvgIpc) is 2.02. The molecule has 0 aromatic carbocycles. The Kier molecular flexibility index (Phi) is 6.22. The van der Waals surface area contributed by atoms with Crippen molar-refractivity contribution in [2.75, 3.05) is 31.6 Å². The maximum Gasteiger partial charge on any atom is 0.148 e. The lowest BCUT2D eigenvalue weighted by molar-refractivity contribution is 0.314. The Labute approximate surface area is 91.4 Å². The summed E-state index contributed by atoms with van der Waals surface area (Å²) in [4.78, 5) is 2.50. The molecule has 0 amide bonds. The van der Waals surface area contributed by atoms with Crippen molar-refractivity contribution in [2.45, 2.75) is 13.3 Å². The number of hydrogen-bond donors (Lipinski definition) is 1.